The molecule has 0 spiro atoms. The first-order chi connectivity index (χ1) is 11.2. The number of ether oxygens (including phenoxy) is 2. The molecule has 2 amide bonds. The molecule has 0 atom stereocenters. The molecule has 0 aliphatic rings. The molecular weight excluding hydrogens is 312 g/mol. The molecule has 0 heterocycles. The van der Waals surface area contributed by atoms with E-state index in [1.54, 1.807) is 6.07 Å². The third-order valence-corrected chi connectivity index (χ3v) is 3.13. The van der Waals surface area contributed by atoms with Crippen LogP contribution >= 0.6 is 0 Å². The monoisotopic (exact) mass is 336 g/mol. The van der Waals surface area contributed by atoms with Gasteiger partial charge in [0.15, 0.2) is 13.2 Å². The molecular formula is C17H24N2O5. The van der Waals surface area contributed by atoms with E-state index >= 15 is 0 Å². The molecule has 0 aliphatic heterocycles. The van der Waals surface area contributed by atoms with Crippen LogP contribution in [0.25, 0.3) is 0 Å². The van der Waals surface area contributed by atoms with Crippen LogP contribution in [-0.4, -0.2) is 44.6 Å². The number of carbonyl (C=O) groups is 3. The highest BCUT2D eigenvalue weighted by Crippen LogP contribution is 2.30. The topological polar surface area (TPSA) is 93.7 Å². The predicted molar refractivity (Wildman–Crippen MR) is 88.7 cm³/mol. The summed E-state index contributed by atoms with van der Waals surface area (Å²) in [5.41, 5.74) is 0.848. The fraction of sp³-hybridized carbons (Fsp3) is 0.471. The van der Waals surface area contributed by atoms with E-state index in [9.17, 15) is 14.4 Å². The molecule has 0 aromatic heterocycles. The van der Waals surface area contributed by atoms with Crippen molar-refractivity contribution in [3.8, 4) is 5.75 Å². The van der Waals surface area contributed by atoms with Gasteiger partial charge in [0.1, 0.15) is 5.75 Å². The van der Waals surface area contributed by atoms with Crippen molar-refractivity contribution in [1.82, 2.24) is 10.6 Å². The number of carbonyl (C=O) groups excluding carboxylic acids is 3. The smallest absolute Gasteiger partial charge is 0.344 e. The van der Waals surface area contributed by atoms with E-state index in [1.165, 1.54) is 7.05 Å². The van der Waals surface area contributed by atoms with Crippen LogP contribution in [0.15, 0.2) is 24.3 Å². The molecule has 0 aliphatic carbocycles. The largest absolute Gasteiger partial charge is 0.482 e. The van der Waals surface area contributed by atoms with Crippen molar-refractivity contribution in [3.05, 3.63) is 29.8 Å². The molecule has 2 N–H and O–H groups in total. The zero-order chi connectivity index (χ0) is 18.2. The van der Waals surface area contributed by atoms with Gasteiger partial charge in [0, 0.05) is 7.05 Å². The summed E-state index contributed by atoms with van der Waals surface area (Å²) >= 11 is 0. The van der Waals surface area contributed by atoms with Crippen LogP contribution in [0.5, 0.6) is 5.75 Å². The highest BCUT2D eigenvalue weighted by molar-refractivity contribution is 5.86. The van der Waals surface area contributed by atoms with Crippen molar-refractivity contribution in [3.63, 3.8) is 0 Å². The highest BCUT2D eigenvalue weighted by Gasteiger charge is 2.19. The zero-order valence-electron chi connectivity index (χ0n) is 14.5. The summed E-state index contributed by atoms with van der Waals surface area (Å²) < 4.78 is 10.3. The summed E-state index contributed by atoms with van der Waals surface area (Å²) in [5.74, 6) is -0.946. The van der Waals surface area contributed by atoms with Gasteiger partial charge in [0.05, 0.1) is 6.54 Å². The Morgan fingerprint density at radius 1 is 1.04 bits per heavy atom. The van der Waals surface area contributed by atoms with Crippen LogP contribution in [-0.2, 0) is 24.5 Å². The van der Waals surface area contributed by atoms with Gasteiger partial charge in [0.2, 0.25) is 5.91 Å². The number of rotatable bonds is 7. The third-order valence-electron chi connectivity index (χ3n) is 3.13. The third kappa shape index (κ3) is 6.68. The number of esters is 1. The van der Waals surface area contributed by atoms with Gasteiger partial charge in [-0.2, -0.15) is 0 Å². The molecule has 24 heavy (non-hydrogen) atoms. The fourth-order valence-corrected chi connectivity index (χ4v) is 1.85. The van der Waals surface area contributed by atoms with Crippen molar-refractivity contribution in [2.45, 2.75) is 26.2 Å². The SMILES string of the molecule is CNC(=O)CNC(=O)COC(=O)COc1ccccc1C(C)(C)C. The quantitative estimate of drug-likeness (QED) is 0.717. The number of likely N-dealkylation sites (N-methyl/N-ethyl adjacent to an activating group) is 1. The van der Waals surface area contributed by atoms with Crippen molar-refractivity contribution in [2.24, 2.45) is 0 Å². The lowest BCUT2D eigenvalue weighted by Gasteiger charge is -2.22. The summed E-state index contributed by atoms with van der Waals surface area (Å²) in [4.78, 5) is 34.1. The maximum atomic E-state index is 11.7. The summed E-state index contributed by atoms with van der Waals surface area (Å²) in [6.45, 7) is 5.22. The van der Waals surface area contributed by atoms with Gasteiger partial charge >= 0.3 is 5.97 Å². The lowest BCUT2D eigenvalue weighted by molar-refractivity contribution is -0.150. The standard InChI is InChI=1S/C17H24N2O5/c1-17(2,3)12-7-5-6-8-13(12)23-11-16(22)24-10-15(21)19-9-14(20)18-4/h5-8H,9-11H2,1-4H3,(H,18,20)(H,19,21). The van der Waals surface area contributed by atoms with Crippen molar-refractivity contribution < 1.29 is 23.9 Å². The number of benzene rings is 1. The molecule has 7 heteroatoms. The molecule has 0 bridgehead atoms. The molecule has 132 valence electrons. The Balaban J connectivity index is 2.42. The number of amides is 2. The van der Waals surface area contributed by atoms with Crippen molar-refractivity contribution in [2.75, 3.05) is 26.8 Å². The first kappa shape index (κ1) is 19.5. The maximum absolute atomic E-state index is 11.7. The molecule has 1 aromatic rings. The van der Waals surface area contributed by atoms with E-state index in [1.807, 2.05) is 39.0 Å². The second-order valence-electron chi connectivity index (χ2n) is 6.15. The van der Waals surface area contributed by atoms with E-state index in [4.69, 9.17) is 9.47 Å². The van der Waals surface area contributed by atoms with Crippen LogP contribution < -0.4 is 15.4 Å². The Morgan fingerprint density at radius 3 is 2.33 bits per heavy atom. The zero-order valence-corrected chi connectivity index (χ0v) is 14.5. The maximum Gasteiger partial charge on any atom is 0.344 e. The molecule has 0 saturated carbocycles. The van der Waals surface area contributed by atoms with E-state index in [2.05, 4.69) is 10.6 Å². The normalized spacial score (nSPS) is 10.7. The average molecular weight is 336 g/mol. The summed E-state index contributed by atoms with van der Waals surface area (Å²) in [6, 6.07) is 7.45. The molecule has 0 fully saturated rings. The minimum atomic E-state index is -0.659. The summed E-state index contributed by atoms with van der Waals surface area (Å²) in [7, 11) is 1.46. The van der Waals surface area contributed by atoms with E-state index < -0.39 is 18.5 Å². The van der Waals surface area contributed by atoms with Crippen LogP contribution in [0.4, 0.5) is 0 Å². The number of para-hydroxylation sites is 1. The second-order valence-corrected chi connectivity index (χ2v) is 6.15. The lowest BCUT2D eigenvalue weighted by atomic mass is 9.86. The average Bonchev–Trinajstić information content (AvgIpc) is 2.55. The second kappa shape index (κ2) is 8.90. The molecule has 0 saturated heterocycles. The molecule has 7 nitrogen and oxygen atoms in total. The lowest BCUT2D eigenvalue weighted by Crippen LogP contribution is -2.37. The number of nitrogens with one attached hydrogen (secondary N) is 2. The minimum Gasteiger partial charge on any atom is -0.482 e. The molecule has 0 unspecified atom stereocenters. The van der Waals surface area contributed by atoms with Crippen LogP contribution in [0.1, 0.15) is 26.3 Å². The Hall–Kier alpha value is -2.57. The Labute approximate surface area is 141 Å². The van der Waals surface area contributed by atoms with Crippen molar-refractivity contribution >= 4 is 17.8 Å². The molecule has 1 rings (SSSR count). The van der Waals surface area contributed by atoms with Crippen LogP contribution in [0, 0.1) is 0 Å². The highest BCUT2D eigenvalue weighted by atomic mass is 16.6. The van der Waals surface area contributed by atoms with Crippen LogP contribution in [0.3, 0.4) is 0 Å². The Bertz CT molecular complexity index is 593. The van der Waals surface area contributed by atoms with Gasteiger partial charge in [0.25, 0.3) is 5.91 Å². The predicted octanol–water partition coefficient (Wildman–Crippen LogP) is 0.768. The minimum absolute atomic E-state index is 0.125. The van der Waals surface area contributed by atoms with Gasteiger partial charge in [-0.05, 0) is 17.0 Å². The number of hydrogen-bond acceptors (Lipinski definition) is 5. The van der Waals surface area contributed by atoms with E-state index in [0.29, 0.717) is 5.75 Å². The Morgan fingerprint density at radius 2 is 1.71 bits per heavy atom. The number of hydrogen-bond donors (Lipinski definition) is 2. The van der Waals surface area contributed by atoms with E-state index in [-0.39, 0.29) is 24.5 Å². The van der Waals surface area contributed by atoms with Gasteiger partial charge in [-0.3, -0.25) is 9.59 Å². The van der Waals surface area contributed by atoms with Crippen molar-refractivity contribution in [1.29, 1.82) is 0 Å². The first-order valence-electron chi connectivity index (χ1n) is 7.59. The first-order valence-corrected chi connectivity index (χ1v) is 7.59. The molecule has 0 radical (unpaired) electrons. The van der Waals surface area contributed by atoms with Gasteiger partial charge in [-0.25, -0.2) is 4.79 Å². The van der Waals surface area contributed by atoms with Gasteiger partial charge in [-0.1, -0.05) is 39.0 Å². The Kier molecular flexibility index (Phi) is 7.23. The fourth-order valence-electron chi connectivity index (χ4n) is 1.85. The van der Waals surface area contributed by atoms with Crippen LogP contribution in [0.2, 0.25) is 0 Å². The summed E-state index contributed by atoms with van der Waals surface area (Å²) in [5, 5.41) is 4.68. The van der Waals surface area contributed by atoms with E-state index in [0.717, 1.165) is 5.56 Å². The van der Waals surface area contributed by atoms with Gasteiger partial charge < -0.3 is 20.1 Å². The molecule has 1 aromatic carbocycles. The van der Waals surface area contributed by atoms with Gasteiger partial charge in [-0.15, -0.1) is 0 Å². The summed E-state index contributed by atoms with van der Waals surface area (Å²) in [6.07, 6.45) is 0.